The molecular weight excluding hydrogens is 180 g/mol. The predicted molar refractivity (Wildman–Crippen MR) is 50.4 cm³/mol. The minimum absolute atomic E-state index is 0.297. The number of carbonyl (C=O) groups is 1. The predicted octanol–water partition coefficient (Wildman–Crippen LogP) is 0.208. The summed E-state index contributed by atoms with van der Waals surface area (Å²) in [6.07, 6.45) is 2.42. The van der Waals surface area contributed by atoms with Crippen molar-refractivity contribution in [3.8, 4) is 0 Å². The van der Waals surface area contributed by atoms with Crippen molar-refractivity contribution in [1.82, 2.24) is 10.9 Å². The van der Waals surface area contributed by atoms with Gasteiger partial charge in [-0.05, 0) is 30.6 Å². The number of fused-ring (bicyclic) bond motifs is 2. The Morgan fingerprint density at radius 3 is 2.71 bits per heavy atom. The first kappa shape index (κ1) is 8.68. The number of carboxylic acid groups (broad SMARTS) is 1. The van der Waals surface area contributed by atoms with E-state index in [-0.39, 0.29) is 6.04 Å². The first-order valence-corrected chi connectivity index (χ1v) is 5.42. The topological polar surface area (TPSA) is 61.4 Å². The fourth-order valence-electron chi connectivity index (χ4n) is 3.46. The Labute approximate surface area is 83.0 Å². The van der Waals surface area contributed by atoms with Gasteiger partial charge in [-0.15, -0.1) is 0 Å². The Balaban J connectivity index is 1.82. The van der Waals surface area contributed by atoms with Gasteiger partial charge in [0.05, 0.1) is 0 Å². The van der Waals surface area contributed by atoms with E-state index in [1.54, 1.807) is 0 Å². The molecule has 6 atom stereocenters. The molecule has 14 heavy (non-hydrogen) atoms. The highest BCUT2D eigenvalue weighted by Crippen LogP contribution is 2.55. The molecule has 4 heteroatoms. The lowest BCUT2D eigenvalue weighted by molar-refractivity contribution is -0.140. The van der Waals surface area contributed by atoms with Gasteiger partial charge in [-0.1, -0.05) is 6.92 Å². The third kappa shape index (κ3) is 1.04. The fourth-order valence-corrected chi connectivity index (χ4v) is 3.46. The van der Waals surface area contributed by atoms with Crippen molar-refractivity contribution in [2.45, 2.75) is 31.8 Å². The zero-order chi connectivity index (χ0) is 9.87. The van der Waals surface area contributed by atoms with Crippen LogP contribution >= 0.6 is 0 Å². The van der Waals surface area contributed by atoms with E-state index in [0.717, 1.165) is 18.3 Å². The lowest BCUT2D eigenvalue weighted by Crippen LogP contribution is -2.40. The molecule has 3 rings (SSSR count). The molecule has 0 bridgehead atoms. The van der Waals surface area contributed by atoms with E-state index in [1.165, 1.54) is 6.42 Å². The normalized spacial score (nSPS) is 54.9. The van der Waals surface area contributed by atoms with Gasteiger partial charge in [0.1, 0.15) is 6.04 Å². The number of nitrogens with one attached hydrogen (secondary N) is 2. The van der Waals surface area contributed by atoms with Crippen LogP contribution in [-0.4, -0.2) is 23.2 Å². The molecule has 0 amide bonds. The molecule has 1 heterocycles. The van der Waals surface area contributed by atoms with Crippen LogP contribution in [0.15, 0.2) is 0 Å². The molecule has 0 aromatic heterocycles. The average molecular weight is 196 g/mol. The van der Waals surface area contributed by atoms with Crippen LogP contribution in [0, 0.1) is 23.7 Å². The summed E-state index contributed by atoms with van der Waals surface area (Å²) >= 11 is 0. The van der Waals surface area contributed by atoms with Gasteiger partial charge < -0.3 is 5.11 Å². The van der Waals surface area contributed by atoms with E-state index in [0.29, 0.717) is 17.9 Å². The second-order valence-corrected chi connectivity index (χ2v) is 5.05. The maximum atomic E-state index is 11.0. The Kier molecular flexibility index (Phi) is 1.67. The summed E-state index contributed by atoms with van der Waals surface area (Å²) in [6.45, 7) is 2.25. The van der Waals surface area contributed by atoms with Crippen LogP contribution < -0.4 is 10.9 Å². The smallest absolute Gasteiger partial charge is 0.322 e. The maximum absolute atomic E-state index is 11.0. The molecule has 3 N–H and O–H groups in total. The van der Waals surface area contributed by atoms with Crippen LogP contribution in [0.25, 0.3) is 0 Å². The number of hydrazine groups is 1. The molecule has 78 valence electrons. The van der Waals surface area contributed by atoms with Gasteiger partial charge in [0, 0.05) is 12.0 Å². The minimum Gasteiger partial charge on any atom is -0.480 e. The molecule has 4 nitrogen and oxygen atoms in total. The minimum atomic E-state index is -0.712. The first-order valence-electron chi connectivity index (χ1n) is 5.42. The van der Waals surface area contributed by atoms with Gasteiger partial charge in [0.25, 0.3) is 0 Å². The Hall–Kier alpha value is -0.610. The van der Waals surface area contributed by atoms with Gasteiger partial charge in [-0.25, -0.2) is 5.43 Å². The van der Waals surface area contributed by atoms with Crippen LogP contribution in [-0.2, 0) is 4.79 Å². The van der Waals surface area contributed by atoms with E-state index in [9.17, 15) is 4.79 Å². The fraction of sp³-hybridized carbons (Fsp3) is 0.900. The summed E-state index contributed by atoms with van der Waals surface area (Å²) in [5.74, 6) is 1.89. The molecule has 2 aliphatic carbocycles. The summed E-state index contributed by atoms with van der Waals surface area (Å²) in [7, 11) is 0. The van der Waals surface area contributed by atoms with Gasteiger partial charge in [0.2, 0.25) is 0 Å². The van der Waals surface area contributed by atoms with E-state index in [2.05, 4.69) is 17.8 Å². The molecule has 3 fully saturated rings. The van der Waals surface area contributed by atoms with Crippen LogP contribution in [0.4, 0.5) is 0 Å². The van der Waals surface area contributed by atoms with Crippen molar-refractivity contribution in [3.05, 3.63) is 0 Å². The van der Waals surface area contributed by atoms with Crippen LogP contribution in [0.1, 0.15) is 19.8 Å². The number of aliphatic carboxylic acids is 1. The third-order valence-corrected chi connectivity index (χ3v) is 4.35. The standard InChI is InChI=1S/C10H16N2O2/c1-4-6-2-5(6)3-7-8(4)11-12-9(7)10(13)14/h4-9,11-12H,2-3H2,1H3,(H,13,14). The molecule has 1 saturated heterocycles. The molecular formula is C10H16N2O2. The summed E-state index contributed by atoms with van der Waals surface area (Å²) in [6, 6.07) is 0.00356. The number of hydrogen-bond acceptors (Lipinski definition) is 3. The highest BCUT2D eigenvalue weighted by Gasteiger charge is 2.56. The summed E-state index contributed by atoms with van der Waals surface area (Å²) in [4.78, 5) is 11.0. The zero-order valence-corrected chi connectivity index (χ0v) is 8.23. The number of carboxylic acids is 1. The monoisotopic (exact) mass is 196 g/mol. The number of hydrogen-bond donors (Lipinski definition) is 3. The van der Waals surface area contributed by atoms with E-state index >= 15 is 0 Å². The van der Waals surface area contributed by atoms with Crippen LogP contribution in [0.3, 0.4) is 0 Å². The van der Waals surface area contributed by atoms with Crippen molar-refractivity contribution in [1.29, 1.82) is 0 Å². The largest absolute Gasteiger partial charge is 0.480 e. The molecule has 0 aromatic carbocycles. The zero-order valence-electron chi connectivity index (χ0n) is 8.23. The van der Waals surface area contributed by atoms with Gasteiger partial charge in [0.15, 0.2) is 0 Å². The third-order valence-electron chi connectivity index (χ3n) is 4.35. The van der Waals surface area contributed by atoms with Crippen molar-refractivity contribution in [3.63, 3.8) is 0 Å². The van der Waals surface area contributed by atoms with Crippen molar-refractivity contribution in [2.75, 3.05) is 0 Å². The lowest BCUT2D eigenvalue weighted by atomic mass is 9.76. The molecule has 0 radical (unpaired) electrons. The molecule has 0 aromatic rings. The Morgan fingerprint density at radius 1 is 1.29 bits per heavy atom. The first-order chi connectivity index (χ1) is 6.68. The second-order valence-electron chi connectivity index (χ2n) is 5.05. The van der Waals surface area contributed by atoms with Crippen LogP contribution in [0.2, 0.25) is 0 Å². The quantitative estimate of drug-likeness (QED) is 0.561. The van der Waals surface area contributed by atoms with Crippen molar-refractivity contribution < 1.29 is 9.90 Å². The highest BCUT2D eigenvalue weighted by molar-refractivity contribution is 5.74. The second kappa shape index (κ2) is 2.70. The van der Waals surface area contributed by atoms with Gasteiger partial charge in [-0.2, -0.15) is 0 Å². The van der Waals surface area contributed by atoms with Crippen molar-refractivity contribution in [2.24, 2.45) is 23.7 Å². The van der Waals surface area contributed by atoms with E-state index < -0.39 is 5.97 Å². The van der Waals surface area contributed by atoms with Gasteiger partial charge in [-0.3, -0.25) is 10.2 Å². The molecule has 0 spiro atoms. The average Bonchev–Trinajstić information content (AvgIpc) is 2.76. The molecule has 1 aliphatic heterocycles. The molecule has 6 unspecified atom stereocenters. The SMILES string of the molecule is CC1C2CC2CC2C(C(=O)O)NNC12. The number of rotatable bonds is 1. The highest BCUT2D eigenvalue weighted by atomic mass is 16.4. The Morgan fingerprint density at radius 2 is 2.00 bits per heavy atom. The van der Waals surface area contributed by atoms with E-state index in [4.69, 9.17) is 5.11 Å². The maximum Gasteiger partial charge on any atom is 0.322 e. The Bertz CT molecular complexity index is 281. The van der Waals surface area contributed by atoms with E-state index in [1.807, 2.05) is 0 Å². The van der Waals surface area contributed by atoms with Crippen molar-refractivity contribution >= 4 is 5.97 Å². The summed E-state index contributed by atoms with van der Waals surface area (Å²) < 4.78 is 0. The van der Waals surface area contributed by atoms with Gasteiger partial charge >= 0.3 is 5.97 Å². The molecule has 2 saturated carbocycles. The lowest BCUT2D eigenvalue weighted by Gasteiger charge is -2.30. The molecule has 3 aliphatic rings. The summed E-state index contributed by atoms with van der Waals surface area (Å²) in [5, 5.41) is 9.04. The summed E-state index contributed by atoms with van der Waals surface area (Å²) in [5.41, 5.74) is 6.09. The van der Waals surface area contributed by atoms with Crippen LogP contribution in [0.5, 0.6) is 0 Å².